The summed E-state index contributed by atoms with van der Waals surface area (Å²) in [5.41, 5.74) is 1.31. The minimum atomic E-state index is 0.704. The van der Waals surface area contributed by atoms with Crippen LogP contribution in [0.4, 0.5) is 5.69 Å². The van der Waals surface area contributed by atoms with Crippen LogP contribution in [0.2, 0.25) is 0 Å². The van der Waals surface area contributed by atoms with Crippen molar-refractivity contribution in [2.24, 2.45) is 11.8 Å². The van der Waals surface area contributed by atoms with Gasteiger partial charge in [-0.2, -0.15) is 0 Å². The maximum absolute atomic E-state index is 3.78. The molecule has 1 heterocycles. The summed E-state index contributed by atoms with van der Waals surface area (Å²) >= 11 is 1.83. The summed E-state index contributed by atoms with van der Waals surface area (Å²) in [7, 11) is 0. The number of benzene rings is 1. The van der Waals surface area contributed by atoms with Crippen molar-refractivity contribution in [2.75, 3.05) is 5.32 Å². The van der Waals surface area contributed by atoms with E-state index in [2.05, 4.69) is 35.0 Å². The molecule has 1 nitrogen and oxygen atoms in total. The fourth-order valence-electron chi connectivity index (χ4n) is 3.65. The van der Waals surface area contributed by atoms with E-state index in [1.54, 1.807) is 0 Å². The van der Waals surface area contributed by atoms with Gasteiger partial charge in [-0.25, -0.2) is 0 Å². The quantitative estimate of drug-likeness (QED) is 0.800. The molecule has 19 heavy (non-hydrogen) atoms. The van der Waals surface area contributed by atoms with Crippen molar-refractivity contribution in [3.05, 3.63) is 29.6 Å². The molecule has 2 heteroatoms. The smallest absolute Gasteiger partial charge is 0.0349 e. The summed E-state index contributed by atoms with van der Waals surface area (Å²) in [4.78, 5) is 0. The lowest BCUT2D eigenvalue weighted by Gasteiger charge is -2.30. The fraction of sp³-hybridized carbons (Fsp3) is 0.529. The lowest BCUT2D eigenvalue weighted by atomic mass is 9.82. The Balaban J connectivity index is 1.47. The van der Waals surface area contributed by atoms with Crippen LogP contribution in [0, 0.1) is 11.8 Å². The van der Waals surface area contributed by atoms with Gasteiger partial charge in [0, 0.05) is 16.4 Å². The second-order valence-electron chi connectivity index (χ2n) is 6.28. The molecule has 2 aromatic rings. The summed E-state index contributed by atoms with van der Waals surface area (Å²) in [5, 5.41) is 7.34. The molecular weight excluding hydrogens is 250 g/mol. The van der Waals surface area contributed by atoms with Crippen molar-refractivity contribution in [1.82, 2.24) is 0 Å². The highest BCUT2D eigenvalue weighted by molar-refractivity contribution is 7.17. The first kappa shape index (κ1) is 11.8. The molecule has 4 rings (SSSR count). The van der Waals surface area contributed by atoms with E-state index in [9.17, 15) is 0 Å². The van der Waals surface area contributed by atoms with E-state index in [0.29, 0.717) is 6.04 Å². The molecule has 1 N–H and O–H groups in total. The maximum Gasteiger partial charge on any atom is 0.0349 e. The van der Waals surface area contributed by atoms with E-state index in [0.717, 1.165) is 11.8 Å². The summed E-state index contributed by atoms with van der Waals surface area (Å²) in [5.74, 6) is 2.08. The molecule has 1 aromatic heterocycles. The lowest BCUT2D eigenvalue weighted by Crippen LogP contribution is -2.28. The van der Waals surface area contributed by atoms with Crippen LogP contribution in [-0.4, -0.2) is 6.04 Å². The van der Waals surface area contributed by atoms with Crippen molar-refractivity contribution in [3.8, 4) is 0 Å². The Morgan fingerprint density at radius 1 is 1.00 bits per heavy atom. The number of fused-ring (bicyclic) bond motifs is 1. The van der Waals surface area contributed by atoms with Crippen molar-refractivity contribution < 1.29 is 0 Å². The SMILES string of the molecule is c1cc2cc(NC3CCCC(C4CC4)C3)ccc2s1. The standard InChI is InChI=1S/C17H21NS/c1-2-13(12-4-5-12)10-15(3-1)18-16-6-7-17-14(11-16)8-9-19-17/h6-9,11-13,15,18H,1-5,10H2. The van der Waals surface area contributed by atoms with E-state index in [1.165, 1.54) is 54.3 Å². The molecule has 0 radical (unpaired) electrons. The first-order valence-electron chi connectivity index (χ1n) is 7.62. The van der Waals surface area contributed by atoms with Crippen molar-refractivity contribution in [3.63, 3.8) is 0 Å². The minimum absolute atomic E-state index is 0.704. The third kappa shape index (κ3) is 2.51. The first-order chi connectivity index (χ1) is 9.38. The molecule has 0 bridgehead atoms. The van der Waals surface area contributed by atoms with Gasteiger partial charge in [0.15, 0.2) is 0 Å². The van der Waals surface area contributed by atoms with Crippen LogP contribution in [0.25, 0.3) is 10.1 Å². The van der Waals surface area contributed by atoms with E-state index in [-0.39, 0.29) is 0 Å². The predicted molar refractivity (Wildman–Crippen MR) is 83.9 cm³/mol. The van der Waals surface area contributed by atoms with Crippen LogP contribution in [0.3, 0.4) is 0 Å². The predicted octanol–water partition coefficient (Wildman–Crippen LogP) is 5.28. The molecule has 0 aliphatic heterocycles. The third-order valence-electron chi connectivity index (χ3n) is 4.83. The Labute approximate surface area is 119 Å². The fourth-order valence-corrected chi connectivity index (χ4v) is 4.42. The van der Waals surface area contributed by atoms with Crippen LogP contribution in [0.15, 0.2) is 29.6 Å². The van der Waals surface area contributed by atoms with Crippen LogP contribution < -0.4 is 5.32 Å². The van der Waals surface area contributed by atoms with Gasteiger partial charge in [0.2, 0.25) is 0 Å². The molecule has 0 amide bonds. The molecule has 0 spiro atoms. The van der Waals surface area contributed by atoms with E-state index in [4.69, 9.17) is 0 Å². The van der Waals surface area contributed by atoms with Crippen LogP contribution in [-0.2, 0) is 0 Å². The highest BCUT2D eigenvalue weighted by atomic mass is 32.1. The topological polar surface area (TPSA) is 12.0 Å². The molecule has 2 unspecified atom stereocenters. The summed E-state index contributed by atoms with van der Waals surface area (Å²) < 4.78 is 1.39. The number of rotatable bonds is 3. The van der Waals surface area contributed by atoms with Gasteiger partial charge in [0.25, 0.3) is 0 Å². The Hall–Kier alpha value is -1.02. The zero-order valence-electron chi connectivity index (χ0n) is 11.3. The van der Waals surface area contributed by atoms with Crippen LogP contribution >= 0.6 is 11.3 Å². The van der Waals surface area contributed by atoms with E-state index < -0.39 is 0 Å². The Morgan fingerprint density at radius 2 is 1.95 bits per heavy atom. The lowest BCUT2D eigenvalue weighted by molar-refractivity contribution is 0.303. The van der Waals surface area contributed by atoms with E-state index in [1.807, 2.05) is 11.3 Å². The molecule has 1 aromatic carbocycles. The van der Waals surface area contributed by atoms with Crippen molar-refractivity contribution >= 4 is 27.1 Å². The molecule has 100 valence electrons. The molecule has 2 saturated carbocycles. The van der Waals surface area contributed by atoms with Gasteiger partial charge in [-0.3, -0.25) is 0 Å². The molecule has 0 saturated heterocycles. The number of nitrogens with one attached hydrogen (secondary N) is 1. The van der Waals surface area contributed by atoms with Gasteiger partial charge < -0.3 is 5.32 Å². The number of hydrogen-bond acceptors (Lipinski definition) is 2. The zero-order chi connectivity index (χ0) is 12.7. The molecular formula is C17H21NS. The highest BCUT2D eigenvalue weighted by Gasteiger charge is 2.34. The monoisotopic (exact) mass is 271 g/mol. The highest BCUT2D eigenvalue weighted by Crippen LogP contribution is 2.44. The van der Waals surface area contributed by atoms with Crippen LogP contribution in [0.5, 0.6) is 0 Å². The van der Waals surface area contributed by atoms with Gasteiger partial charge in [-0.1, -0.05) is 12.8 Å². The van der Waals surface area contributed by atoms with Gasteiger partial charge >= 0.3 is 0 Å². The van der Waals surface area contributed by atoms with Gasteiger partial charge in [0.1, 0.15) is 0 Å². The Bertz CT molecular complexity index is 569. The number of anilines is 1. The Kier molecular flexibility index (Phi) is 2.99. The van der Waals surface area contributed by atoms with Gasteiger partial charge in [-0.15, -0.1) is 11.3 Å². The number of hydrogen-bond donors (Lipinski definition) is 1. The first-order valence-corrected chi connectivity index (χ1v) is 8.50. The average Bonchev–Trinajstić information content (AvgIpc) is 3.18. The zero-order valence-corrected chi connectivity index (χ0v) is 12.1. The second kappa shape index (κ2) is 4.82. The van der Waals surface area contributed by atoms with Gasteiger partial charge in [0.05, 0.1) is 0 Å². The van der Waals surface area contributed by atoms with Gasteiger partial charge in [-0.05, 0) is 72.6 Å². The van der Waals surface area contributed by atoms with E-state index >= 15 is 0 Å². The summed E-state index contributed by atoms with van der Waals surface area (Å²) in [6.45, 7) is 0. The van der Waals surface area contributed by atoms with Crippen molar-refractivity contribution in [2.45, 2.75) is 44.6 Å². The molecule has 2 aliphatic carbocycles. The largest absolute Gasteiger partial charge is 0.382 e. The van der Waals surface area contributed by atoms with Crippen LogP contribution in [0.1, 0.15) is 38.5 Å². The Morgan fingerprint density at radius 3 is 2.84 bits per heavy atom. The third-order valence-corrected chi connectivity index (χ3v) is 5.72. The average molecular weight is 271 g/mol. The summed E-state index contributed by atoms with van der Waals surface area (Å²) in [6, 6.07) is 9.74. The second-order valence-corrected chi connectivity index (χ2v) is 7.23. The maximum atomic E-state index is 3.78. The van der Waals surface area contributed by atoms with Crippen molar-refractivity contribution in [1.29, 1.82) is 0 Å². The summed E-state index contributed by atoms with van der Waals surface area (Å²) in [6.07, 6.45) is 8.64. The minimum Gasteiger partial charge on any atom is -0.382 e. The molecule has 2 aliphatic rings. The normalized spacial score (nSPS) is 27.6. The molecule has 2 fully saturated rings. The number of thiophene rings is 1. The molecule has 2 atom stereocenters.